The van der Waals surface area contributed by atoms with Crippen LogP contribution < -0.4 is 5.32 Å². The zero-order valence-corrected chi connectivity index (χ0v) is 9.85. The van der Waals surface area contributed by atoms with Crippen molar-refractivity contribution in [2.24, 2.45) is 0 Å². The van der Waals surface area contributed by atoms with E-state index < -0.39 is 0 Å². The summed E-state index contributed by atoms with van der Waals surface area (Å²) in [6, 6.07) is 0.656. The van der Waals surface area contributed by atoms with Crippen LogP contribution in [0.4, 0.5) is 0 Å². The van der Waals surface area contributed by atoms with Gasteiger partial charge in [0.1, 0.15) is 0 Å². The zero-order valence-electron chi connectivity index (χ0n) is 9.04. The highest BCUT2D eigenvalue weighted by atomic mass is 32.2. The van der Waals surface area contributed by atoms with Crippen molar-refractivity contribution in [1.29, 1.82) is 0 Å². The van der Waals surface area contributed by atoms with Crippen LogP contribution in [0, 0.1) is 0 Å². The number of nitrogens with zero attached hydrogens (tertiary/aromatic N) is 1. The van der Waals surface area contributed by atoms with Crippen LogP contribution in [-0.2, 0) is 0 Å². The number of aliphatic hydroxyl groups excluding tert-OH is 1. The highest BCUT2D eigenvalue weighted by molar-refractivity contribution is 7.98. The van der Waals surface area contributed by atoms with E-state index in [0.29, 0.717) is 6.04 Å². The number of thioether (sulfide) groups is 1. The Morgan fingerprint density at radius 1 is 1.50 bits per heavy atom. The fourth-order valence-corrected chi connectivity index (χ4v) is 2.32. The van der Waals surface area contributed by atoms with Gasteiger partial charge in [0.05, 0.1) is 6.61 Å². The summed E-state index contributed by atoms with van der Waals surface area (Å²) in [6.07, 6.45) is 4.73. The average molecular weight is 218 g/mol. The van der Waals surface area contributed by atoms with E-state index in [1.165, 1.54) is 19.4 Å². The molecule has 0 bridgehead atoms. The van der Waals surface area contributed by atoms with Crippen LogP contribution in [0.1, 0.15) is 12.8 Å². The molecule has 1 aliphatic rings. The molecule has 1 heterocycles. The lowest BCUT2D eigenvalue weighted by Crippen LogP contribution is -2.40. The molecule has 0 aliphatic carbocycles. The van der Waals surface area contributed by atoms with Gasteiger partial charge in [0.15, 0.2) is 0 Å². The van der Waals surface area contributed by atoms with Gasteiger partial charge in [-0.05, 0) is 25.6 Å². The van der Waals surface area contributed by atoms with E-state index in [1.54, 1.807) is 0 Å². The van der Waals surface area contributed by atoms with Crippen molar-refractivity contribution in [3.63, 3.8) is 0 Å². The second-order valence-corrected chi connectivity index (χ2v) is 4.80. The number of hydrogen-bond donors (Lipinski definition) is 2. The van der Waals surface area contributed by atoms with Crippen molar-refractivity contribution in [1.82, 2.24) is 10.2 Å². The predicted octanol–water partition coefficient (Wildman–Crippen LogP) is 0.396. The SMILES string of the molecule is CSCCN(CCO)CC1CCCN1. The van der Waals surface area contributed by atoms with E-state index in [-0.39, 0.29) is 6.61 Å². The Kier molecular flexibility index (Phi) is 6.60. The Morgan fingerprint density at radius 2 is 2.36 bits per heavy atom. The van der Waals surface area contributed by atoms with E-state index in [9.17, 15) is 0 Å². The molecule has 1 saturated heterocycles. The summed E-state index contributed by atoms with van der Waals surface area (Å²) in [5.41, 5.74) is 0. The van der Waals surface area contributed by atoms with Crippen LogP contribution in [-0.4, -0.2) is 60.8 Å². The first-order valence-corrected chi connectivity index (χ1v) is 6.81. The lowest BCUT2D eigenvalue weighted by molar-refractivity contribution is 0.192. The topological polar surface area (TPSA) is 35.5 Å². The molecule has 0 aromatic rings. The summed E-state index contributed by atoms with van der Waals surface area (Å²) in [6.45, 7) is 4.46. The number of nitrogens with one attached hydrogen (secondary N) is 1. The lowest BCUT2D eigenvalue weighted by Gasteiger charge is -2.24. The van der Waals surface area contributed by atoms with Crippen LogP contribution in [0.5, 0.6) is 0 Å². The third kappa shape index (κ3) is 4.64. The summed E-state index contributed by atoms with van der Waals surface area (Å²) in [7, 11) is 0. The van der Waals surface area contributed by atoms with Gasteiger partial charge in [-0.25, -0.2) is 0 Å². The Hall–Kier alpha value is 0.230. The largest absolute Gasteiger partial charge is 0.395 e. The molecule has 1 rings (SSSR count). The van der Waals surface area contributed by atoms with Crippen molar-refractivity contribution >= 4 is 11.8 Å². The van der Waals surface area contributed by atoms with Crippen LogP contribution in [0.25, 0.3) is 0 Å². The van der Waals surface area contributed by atoms with Gasteiger partial charge in [0, 0.05) is 31.4 Å². The van der Waals surface area contributed by atoms with E-state index in [4.69, 9.17) is 5.11 Å². The van der Waals surface area contributed by atoms with E-state index in [2.05, 4.69) is 16.5 Å². The first kappa shape index (κ1) is 12.3. The summed E-state index contributed by atoms with van der Waals surface area (Å²) in [4.78, 5) is 2.36. The summed E-state index contributed by atoms with van der Waals surface area (Å²) >= 11 is 1.87. The van der Waals surface area contributed by atoms with E-state index >= 15 is 0 Å². The van der Waals surface area contributed by atoms with Gasteiger partial charge < -0.3 is 10.4 Å². The van der Waals surface area contributed by atoms with Crippen molar-refractivity contribution in [2.45, 2.75) is 18.9 Å². The maximum Gasteiger partial charge on any atom is 0.0558 e. The summed E-state index contributed by atoms with van der Waals surface area (Å²) < 4.78 is 0. The molecule has 0 aromatic heterocycles. The molecular weight excluding hydrogens is 196 g/mol. The quantitative estimate of drug-likeness (QED) is 0.648. The van der Waals surface area contributed by atoms with Crippen molar-refractivity contribution in [3.8, 4) is 0 Å². The summed E-state index contributed by atoms with van der Waals surface area (Å²) in [5.74, 6) is 1.16. The maximum atomic E-state index is 8.94. The highest BCUT2D eigenvalue weighted by Gasteiger charge is 2.16. The molecule has 0 spiro atoms. The third-order valence-corrected chi connectivity index (χ3v) is 3.26. The molecule has 0 saturated carbocycles. The minimum atomic E-state index is 0.279. The number of hydrogen-bond acceptors (Lipinski definition) is 4. The van der Waals surface area contributed by atoms with Gasteiger partial charge in [-0.2, -0.15) is 11.8 Å². The Labute approximate surface area is 91.2 Å². The first-order valence-electron chi connectivity index (χ1n) is 5.42. The highest BCUT2D eigenvalue weighted by Crippen LogP contribution is 2.07. The molecule has 1 unspecified atom stereocenters. The van der Waals surface area contributed by atoms with Gasteiger partial charge in [-0.3, -0.25) is 4.90 Å². The predicted molar refractivity (Wildman–Crippen MR) is 62.9 cm³/mol. The number of rotatable bonds is 7. The molecular formula is C10H22N2OS. The van der Waals surface area contributed by atoms with Crippen molar-refractivity contribution in [3.05, 3.63) is 0 Å². The van der Waals surface area contributed by atoms with Gasteiger partial charge in [-0.1, -0.05) is 0 Å². The molecule has 0 amide bonds. The standard InChI is InChI=1S/C10H22N2OS/c1-14-8-6-12(5-7-13)9-10-3-2-4-11-10/h10-11,13H,2-9H2,1H3. The molecule has 1 fully saturated rings. The zero-order chi connectivity index (χ0) is 10.2. The van der Waals surface area contributed by atoms with Crippen LogP contribution >= 0.6 is 11.8 Å². The van der Waals surface area contributed by atoms with Gasteiger partial charge in [0.2, 0.25) is 0 Å². The van der Waals surface area contributed by atoms with Gasteiger partial charge in [0.25, 0.3) is 0 Å². The minimum Gasteiger partial charge on any atom is -0.395 e. The maximum absolute atomic E-state index is 8.94. The number of aliphatic hydroxyl groups is 1. The molecule has 2 N–H and O–H groups in total. The van der Waals surface area contributed by atoms with E-state index in [0.717, 1.165) is 25.4 Å². The molecule has 0 aromatic carbocycles. The van der Waals surface area contributed by atoms with Gasteiger partial charge >= 0.3 is 0 Å². The lowest BCUT2D eigenvalue weighted by atomic mass is 10.2. The summed E-state index contributed by atoms with van der Waals surface area (Å²) in [5, 5.41) is 12.4. The van der Waals surface area contributed by atoms with Crippen molar-refractivity contribution in [2.75, 3.05) is 44.8 Å². The molecule has 1 atom stereocenters. The fraction of sp³-hybridized carbons (Fsp3) is 1.00. The van der Waals surface area contributed by atoms with Crippen LogP contribution in [0.3, 0.4) is 0 Å². The fourth-order valence-electron chi connectivity index (χ4n) is 1.88. The average Bonchev–Trinajstić information content (AvgIpc) is 2.67. The smallest absolute Gasteiger partial charge is 0.0558 e. The second-order valence-electron chi connectivity index (χ2n) is 3.81. The molecule has 4 heteroatoms. The normalized spacial score (nSPS) is 22.1. The second kappa shape index (κ2) is 7.51. The molecule has 14 heavy (non-hydrogen) atoms. The van der Waals surface area contributed by atoms with Gasteiger partial charge in [-0.15, -0.1) is 0 Å². The molecule has 1 aliphatic heterocycles. The van der Waals surface area contributed by atoms with Crippen molar-refractivity contribution < 1.29 is 5.11 Å². The van der Waals surface area contributed by atoms with Crippen LogP contribution in [0.2, 0.25) is 0 Å². The Balaban J connectivity index is 2.18. The Bertz CT molecular complexity index is 140. The molecule has 0 radical (unpaired) electrons. The minimum absolute atomic E-state index is 0.279. The molecule has 3 nitrogen and oxygen atoms in total. The first-order chi connectivity index (χ1) is 6.86. The molecule has 84 valence electrons. The Morgan fingerprint density at radius 3 is 2.93 bits per heavy atom. The monoisotopic (exact) mass is 218 g/mol. The van der Waals surface area contributed by atoms with E-state index in [1.807, 2.05) is 11.8 Å². The van der Waals surface area contributed by atoms with Crippen LogP contribution in [0.15, 0.2) is 0 Å². The third-order valence-electron chi connectivity index (χ3n) is 2.67.